The van der Waals surface area contributed by atoms with Gasteiger partial charge in [-0.05, 0) is 35.7 Å². The Morgan fingerprint density at radius 2 is 1.89 bits per heavy atom. The van der Waals surface area contributed by atoms with E-state index in [4.69, 9.17) is 13.9 Å². The Bertz CT molecular complexity index is 919. The molecule has 3 aromatic rings. The molecule has 0 spiro atoms. The van der Waals surface area contributed by atoms with Crippen LogP contribution in [0.1, 0.15) is 16.6 Å². The number of amides is 2. The van der Waals surface area contributed by atoms with Crippen LogP contribution in [-0.4, -0.2) is 31.6 Å². The summed E-state index contributed by atoms with van der Waals surface area (Å²) in [5.74, 6) is 0.270. The van der Waals surface area contributed by atoms with E-state index in [9.17, 15) is 9.59 Å². The van der Waals surface area contributed by atoms with Crippen LogP contribution in [0, 0.1) is 0 Å². The molecule has 8 heteroatoms. The Kier molecular flexibility index (Phi) is 5.29. The van der Waals surface area contributed by atoms with E-state index in [1.54, 1.807) is 41.9 Å². The van der Waals surface area contributed by atoms with Gasteiger partial charge in [-0.1, -0.05) is 6.07 Å². The largest absolute Gasteiger partial charge is 0.486 e. The number of benzene rings is 1. The zero-order valence-corrected chi connectivity index (χ0v) is 15.7. The first-order valence-electron chi connectivity index (χ1n) is 8.76. The molecule has 0 aliphatic carbocycles. The maximum Gasteiger partial charge on any atom is 0.313 e. The minimum atomic E-state index is -0.749. The first kappa shape index (κ1) is 18.1. The number of anilines is 1. The fourth-order valence-corrected chi connectivity index (χ4v) is 3.74. The van der Waals surface area contributed by atoms with Gasteiger partial charge in [-0.2, -0.15) is 0 Å². The number of thiophene rings is 1. The number of furan rings is 1. The van der Waals surface area contributed by atoms with E-state index >= 15 is 0 Å². The van der Waals surface area contributed by atoms with Crippen LogP contribution in [0.25, 0.3) is 0 Å². The number of carbonyl (C=O) groups excluding carboxylic acids is 2. The normalized spacial score (nSPS) is 13.6. The van der Waals surface area contributed by atoms with E-state index in [0.29, 0.717) is 30.4 Å². The van der Waals surface area contributed by atoms with Crippen molar-refractivity contribution in [1.29, 1.82) is 0 Å². The molecule has 0 bridgehead atoms. The standard InChI is InChI=1S/C20H18N2O5S/c23-19(20(24)22-13-5-6-16-17(11-13)27-9-8-26-16)21-12-14(15-3-1-7-25-15)18-4-2-10-28-18/h1-7,10-11,14H,8-9,12H2,(H,21,23)(H,22,24)/t14-/m0/s1. The number of ether oxygens (including phenoxy) is 2. The molecule has 1 aliphatic heterocycles. The second-order valence-electron chi connectivity index (χ2n) is 6.11. The van der Waals surface area contributed by atoms with Crippen LogP contribution in [0.2, 0.25) is 0 Å². The molecule has 7 nitrogen and oxygen atoms in total. The minimum Gasteiger partial charge on any atom is -0.486 e. The summed E-state index contributed by atoms with van der Waals surface area (Å²) in [6.07, 6.45) is 1.59. The highest BCUT2D eigenvalue weighted by Gasteiger charge is 2.22. The van der Waals surface area contributed by atoms with E-state index in [1.165, 1.54) is 0 Å². The Labute approximate surface area is 165 Å². The molecule has 2 amide bonds. The van der Waals surface area contributed by atoms with Crippen LogP contribution in [-0.2, 0) is 9.59 Å². The third-order valence-corrected chi connectivity index (χ3v) is 5.23. The highest BCUT2D eigenvalue weighted by molar-refractivity contribution is 7.10. The molecular weight excluding hydrogens is 380 g/mol. The molecule has 0 saturated heterocycles. The summed E-state index contributed by atoms with van der Waals surface area (Å²) in [5.41, 5.74) is 0.463. The second-order valence-corrected chi connectivity index (χ2v) is 7.09. The lowest BCUT2D eigenvalue weighted by Crippen LogP contribution is -2.37. The van der Waals surface area contributed by atoms with Crippen molar-refractivity contribution in [2.45, 2.75) is 5.92 Å². The monoisotopic (exact) mass is 398 g/mol. The Hall–Kier alpha value is -3.26. The lowest BCUT2D eigenvalue weighted by atomic mass is 10.0. The molecule has 1 atom stereocenters. The Morgan fingerprint density at radius 1 is 1.04 bits per heavy atom. The fourth-order valence-electron chi connectivity index (χ4n) is 2.90. The molecule has 1 aliphatic rings. The summed E-state index contributed by atoms with van der Waals surface area (Å²) in [7, 11) is 0. The van der Waals surface area contributed by atoms with Crippen molar-refractivity contribution in [3.05, 3.63) is 64.7 Å². The van der Waals surface area contributed by atoms with Crippen LogP contribution in [0.15, 0.2) is 58.5 Å². The van der Waals surface area contributed by atoms with E-state index < -0.39 is 11.8 Å². The molecule has 1 aromatic carbocycles. The average Bonchev–Trinajstić information content (AvgIpc) is 3.42. The predicted octanol–water partition coefficient (Wildman–Crippen LogP) is 3.00. The summed E-state index contributed by atoms with van der Waals surface area (Å²) in [4.78, 5) is 25.6. The summed E-state index contributed by atoms with van der Waals surface area (Å²) in [6, 6.07) is 12.6. The van der Waals surface area contributed by atoms with Gasteiger partial charge in [0.25, 0.3) is 0 Å². The maximum absolute atomic E-state index is 12.3. The quantitative estimate of drug-likeness (QED) is 0.645. The number of carbonyl (C=O) groups is 2. The van der Waals surface area contributed by atoms with E-state index in [2.05, 4.69) is 10.6 Å². The van der Waals surface area contributed by atoms with Crippen molar-refractivity contribution in [2.75, 3.05) is 25.1 Å². The fraction of sp³-hybridized carbons (Fsp3) is 0.200. The van der Waals surface area contributed by atoms with Gasteiger partial charge in [0.1, 0.15) is 19.0 Å². The molecule has 28 heavy (non-hydrogen) atoms. The number of fused-ring (bicyclic) bond motifs is 1. The molecule has 0 radical (unpaired) electrons. The van der Waals surface area contributed by atoms with Crippen LogP contribution < -0.4 is 20.1 Å². The number of rotatable bonds is 5. The van der Waals surface area contributed by atoms with Gasteiger partial charge in [0, 0.05) is 23.2 Å². The Balaban J connectivity index is 1.38. The zero-order chi connectivity index (χ0) is 19.3. The lowest BCUT2D eigenvalue weighted by Gasteiger charge is -2.19. The predicted molar refractivity (Wildman–Crippen MR) is 104 cm³/mol. The van der Waals surface area contributed by atoms with Crippen molar-refractivity contribution < 1.29 is 23.5 Å². The van der Waals surface area contributed by atoms with Crippen LogP contribution in [0.4, 0.5) is 5.69 Å². The molecule has 2 N–H and O–H groups in total. The van der Waals surface area contributed by atoms with Gasteiger partial charge in [0.05, 0.1) is 12.2 Å². The summed E-state index contributed by atoms with van der Waals surface area (Å²) in [6.45, 7) is 1.19. The zero-order valence-electron chi connectivity index (χ0n) is 14.8. The summed E-state index contributed by atoms with van der Waals surface area (Å²) >= 11 is 1.57. The van der Waals surface area contributed by atoms with Gasteiger partial charge in [0.15, 0.2) is 11.5 Å². The average molecular weight is 398 g/mol. The van der Waals surface area contributed by atoms with Gasteiger partial charge in [-0.25, -0.2) is 0 Å². The first-order valence-corrected chi connectivity index (χ1v) is 9.64. The smallest absolute Gasteiger partial charge is 0.313 e. The molecule has 4 rings (SSSR count). The summed E-state index contributed by atoms with van der Waals surface area (Å²) < 4.78 is 16.4. The van der Waals surface area contributed by atoms with Gasteiger partial charge in [0.2, 0.25) is 0 Å². The number of nitrogens with one attached hydrogen (secondary N) is 2. The SMILES string of the molecule is O=C(NC[C@@H](c1ccco1)c1cccs1)C(=O)Nc1ccc2c(c1)OCCO2. The third-order valence-electron chi connectivity index (χ3n) is 4.25. The first-order chi connectivity index (χ1) is 13.7. The highest BCUT2D eigenvalue weighted by atomic mass is 32.1. The van der Waals surface area contributed by atoms with Crippen molar-refractivity contribution in [2.24, 2.45) is 0 Å². The molecule has 0 unspecified atom stereocenters. The number of hydrogen-bond acceptors (Lipinski definition) is 6. The molecule has 0 fully saturated rings. The molecular formula is C20H18N2O5S. The highest BCUT2D eigenvalue weighted by Crippen LogP contribution is 2.32. The van der Waals surface area contributed by atoms with Gasteiger partial charge in [-0.15, -0.1) is 11.3 Å². The molecule has 3 heterocycles. The van der Waals surface area contributed by atoms with Gasteiger partial charge < -0.3 is 24.5 Å². The molecule has 0 saturated carbocycles. The third kappa shape index (κ3) is 4.01. The molecule has 2 aromatic heterocycles. The van der Waals surface area contributed by atoms with Crippen LogP contribution >= 0.6 is 11.3 Å². The Morgan fingerprint density at radius 3 is 2.64 bits per heavy atom. The van der Waals surface area contributed by atoms with Gasteiger partial charge >= 0.3 is 11.8 Å². The van der Waals surface area contributed by atoms with Crippen molar-refractivity contribution in [3.63, 3.8) is 0 Å². The molecule has 144 valence electrons. The van der Waals surface area contributed by atoms with Crippen molar-refractivity contribution >= 4 is 28.8 Å². The minimum absolute atomic E-state index is 0.152. The van der Waals surface area contributed by atoms with E-state index in [1.807, 2.05) is 23.6 Å². The lowest BCUT2D eigenvalue weighted by molar-refractivity contribution is -0.136. The van der Waals surface area contributed by atoms with E-state index in [-0.39, 0.29) is 12.5 Å². The van der Waals surface area contributed by atoms with Crippen LogP contribution in [0.5, 0.6) is 11.5 Å². The second kappa shape index (κ2) is 8.18. The van der Waals surface area contributed by atoms with Crippen molar-refractivity contribution in [3.8, 4) is 11.5 Å². The van der Waals surface area contributed by atoms with Crippen molar-refractivity contribution in [1.82, 2.24) is 5.32 Å². The van der Waals surface area contributed by atoms with E-state index in [0.717, 1.165) is 10.6 Å². The topological polar surface area (TPSA) is 89.8 Å². The maximum atomic E-state index is 12.3. The van der Waals surface area contributed by atoms with Gasteiger partial charge in [-0.3, -0.25) is 9.59 Å². The summed E-state index contributed by atoms with van der Waals surface area (Å²) in [5, 5.41) is 7.22. The van der Waals surface area contributed by atoms with Crippen LogP contribution in [0.3, 0.4) is 0 Å². The number of hydrogen-bond donors (Lipinski definition) is 2.